The first kappa shape index (κ1) is 15.5. The number of nitrogens with one attached hydrogen (secondary N) is 2. The van der Waals surface area contributed by atoms with Crippen LogP contribution in [0.1, 0.15) is 38.2 Å². The smallest absolute Gasteiger partial charge is 0.247 e. The third-order valence-electron chi connectivity index (χ3n) is 3.89. The molecular formula is C16H21FN2O2. The van der Waals surface area contributed by atoms with Crippen LogP contribution in [0.5, 0.6) is 0 Å². The summed E-state index contributed by atoms with van der Waals surface area (Å²) in [6.07, 6.45) is 3.95. The van der Waals surface area contributed by atoms with Gasteiger partial charge in [-0.25, -0.2) is 4.39 Å². The van der Waals surface area contributed by atoms with E-state index in [0.29, 0.717) is 0 Å². The zero-order valence-corrected chi connectivity index (χ0v) is 12.4. The molecule has 2 rings (SSSR count). The fraction of sp³-hybridized carbons (Fsp3) is 0.500. The van der Waals surface area contributed by atoms with E-state index < -0.39 is 11.9 Å². The minimum Gasteiger partial charge on any atom is -0.344 e. The number of halogens is 1. The van der Waals surface area contributed by atoms with Gasteiger partial charge in [-0.05, 0) is 43.4 Å². The molecule has 1 saturated carbocycles. The summed E-state index contributed by atoms with van der Waals surface area (Å²) in [5, 5.41) is 5.31. The molecule has 0 spiro atoms. The van der Waals surface area contributed by atoms with E-state index in [-0.39, 0.29) is 23.4 Å². The maximum absolute atomic E-state index is 13.7. The Kier molecular flexibility index (Phi) is 4.94. The molecule has 0 aliphatic heterocycles. The fourth-order valence-corrected chi connectivity index (χ4v) is 2.85. The molecule has 1 aromatic rings. The first-order chi connectivity index (χ1) is 9.97. The van der Waals surface area contributed by atoms with Crippen molar-refractivity contribution in [2.24, 2.45) is 5.92 Å². The Hall–Kier alpha value is -1.91. The van der Waals surface area contributed by atoms with E-state index in [1.807, 2.05) is 6.92 Å². The average Bonchev–Trinajstić information content (AvgIpc) is 2.93. The van der Waals surface area contributed by atoms with Crippen molar-refractivity contribution < 1.29 is 14.0 Å². The van der Waals surface area contributed by atoms with Gasteiger partial charge in [-0.1, -0.05) is 18.9 Å². The lowest BCUT2D eigenvalue weighted by atomic mass is 9.97. The monoisotopic (exact) mass is 292 g/mol. The topological polar surface area (TPSA) is 58.2 Å². The number of aryl methyl sites for hydroxylation is 1. The number of anilines is 1. The molecule has 2 amide bonds. The molecule has 1 unspecified atom stereocenters. The summed E-state index contributed by atoms with van der Waals surface area (Å²) in [5.74, 6) is -0.933. The first-order valence-corrected chi connectivity index (χ1v) is 7.31. The zero-order chi connectivity index (χ0) is 15.4. The van der Waals surface area contributed by atoms with Crippen LogP contribution in [0, 0.1) is 18.7 Å². The van der Waals surface area contributed by atoms with Crippen molar-refractivity contribution >= 4 is 17.5 Å². The SMILES string of the molecule is CC(=O)NC(C(=O)Nc1cc(C)ccc1F)C1CCCC1. The Labute approximate surface area is 124 Å². The van der Waals surface area contributed by atoms with Gasteiger partial charge in [-0.15, -0.1) is 0 Å². The van der Waals surface area contributed by atoms with Gasteiger partial charge in [0.1, 0.15) is 11.9 Å². The predicted octanol–water partition coefficient (Wildman–Crippen LogP) is 2.77. The Balaban J connectivity index is 2.13. The highest BCUT2D eigenvalue weighted by molar-refractivity contribution is 5.97. The molecule has 0 bridgehead atoms. The van der Waals surface area contributed by atoms with Crippen LogP contribution in [0.2, 0.25) is 0 Å². The molecular weight excluding hydrogens is 271 g/mol. The summed E-state index contributed by atoms with van der Waals surface area (Å²) >= 11 is 0. The number of hydrogen-bond donors (Lipinski definition) is 2. The van der Waals surface area contributed by atoms with Crippen molar-refractivity contribution in [1.82, 2.24) is 5.32 Å². The van der Waals surface area contributed by atoms with Crippen LogP contribution in [-0.2, 0) is 9.59 Å². The van der Waals surface area contributed by atoms with Gasteiger partial charge in [0.25, 0.3) is 0 Å². The largest absolute Gasteiger partial charge is 0.344 e. The minimum absolute atomic E-state index is 0.127. The summed E-state index contributed by atoms with van der Waals surface area (Å²) < 4.78 is 13.7. The predicted molar refractivity (Wildman–Crippen MR) is 79.3 cm³/mol. The number of amides is 2. The maximum Gasteiger partial charge on any atom is 0.247 e. The summed E-state index contributed by atoms with van der Waals surface area (Å²) in [6, 6.07) is 3.97. The van der Waals surface area contributed by atoms with Crippen LogP contribution in [0.4, 0.5) is 10.1 Å². The molecule has 1 aliphatic carbocycles. The van der Waals surface area contributed by atoms with Crippen molar-refractivity contribution in [2.45, 2.75) is 45.6 Å². The highest BCUT2D eigenvalue weighted by Crippen LogP contribution is 2.28. The minimum atomic E-state index is -0.593. The molecule has 1 atom stereocenters. The summed E-state index contributed by atoms with van der Waals surface area (Å²) in [7, 11) is 0. The Morgan fingerprint density at radius 2 is 1.95 bits per heavy atom. The number of carbonyl (C=O) groups is 2. The van der Waals surface area contributed by atoms with E-state index in [1.165, 1.54) is 13.0 Å². The fourth-order valence-electron chi connectivity index (χ4n) is 2.85. The van der Waals surface area contributed by atoms with Gasteiger partial charge >= 0.3 is 0 Å². The maximum atomic E-state index is 13.7. The number of rotatable bonds is 4. The molecule has 5 heteroatoms. The second kappa shape index (κ2) is 6.70. The lowest BCUT2D eigenvalue weighted by Crippen LogP contribution is -2.47. The van der Waals surface area contributed by atoms with Crippen molar-refractivity contribution in [2.75, 3.05) is 5.32 Å². The molecule has 21 heavy (non-hydrogen) atoms. The van der Waals surface area contributed by atoms with Crippen molar-refractivity contribution in [3.63, 3.8) is 0 Å². The Morgan fingerprint density at radius 3 is 2.57 bits per heavy atom. The van der Waals surface area contributed by atoms with E-state index in [1.54, 1.807) is 12.1 Å². The van der Waals surface area contributed by atoms with Gasteiger partial charge in [-0.3, -0.25) is 9.59 Å². The lowest BCUT2D eigenvalue weighted by Gasteiger charge is -2.23. The molecule has 0 saturated heterocycles. The Bertz CT molecular complexity index is 539. The van der Waals surface area contributed by atoms with E-state index >= 15 is 0 Å². The molecule has 0 aromatic heterocycles. The molecule has 0 radical (unpaired) electrons. The van der Waals surface area contributed by atoms with Crippen molar-refractivity contribution in [3.8, 4) is 0 Å². The molecule has 1 aromatic carbocycles. The number of carbonyl (C=O) groups excluding carboxylic acids is 2. The van der Waals surface area contributed by atoms with Crippen LogP contribution < -0.4 is 10.6 Å². The second-order valence-corrected chi connectivity index (χ2v) is 5.70. The van der Waals surface area contributed by atoms with E-state index in [2.05, 4.69) is 10.6 Å². The van der Waals surface area contributed by atoms with E-state index in [0.717, 1.165) is 31.2 Å². The lowest BCUT2D eigenvalue weighted by molar-refractivity contribution is -0.126. The van der Waals surface area contributed by atoms with Crippen LogP contribution >= 0.6 is 0 Å². The van der Waals surface area contributed by atoms with Crippen molar-refractivity contribution in [3.05, 3.63) is 29.6 Å². The normalized spacial score (nSPS) is 16.5. The third kappa shape index (κ3) is 4.03. The van der Waals surface area contributed by atoms with E-state index in [4.69, 9.17) is 0 Å². The third-order valence-corrected chi connectivity index (χ3v) is 3.89. The van der Waals surface area contributed by atoms with Crippen LogP contribution in [0.3, 0.4) is 0 Å². The molecule has 1 aliphatic rings. The Morgan fingerprint density at radius 1 is 1.29 bits per heavy atom. The highest BCUT2D eigenvalue weighted by atomic mass is 19.1. The molecule has 2 N–H and O–H groups in total. The van der Waals surface area contributed by atoms with Gasteiger partial charge in [0.15, 0.2) is 0 Å². The summed E-state index contributed by atoms with van der Waals surface area (Å²) in [4.78, 5) is 23.7. The standard InChI is InChI=1S/C16H21FN2O2/c1-10-7-8-13(17)14(9-10)19-16(21)15(18-11(2)20)12-5-3-4-6-12/h7-9,12,15H,3-6H2,1-2H3,(H,18,20)(H,19,21). The molecule has 114 valence electrons. The van der Waals surface area contributed by atoms with Crippen LogP contribution in [0.25, 0.3) is 0 Å². The zero-order valence-electron chi connectivity index (χ0n) is 12.4. The molecule has 1 fully saturated rings. The average molecular weight is 292 g/mol. The first-order valence-electron chi connectivity index (χ1n) is 7.31. The summed E-state index contributed by atoms with van der Waals surface area (Å²) in [6.45, 7) is 3.22. The molecule has 4 nitrogen and oxygen atoms in total. The number of hydrogen-bond acceptors (Lipinski definition) is 2. The number of benzene rings is 1. The van der Waals surface area contributed by atoms with E-state index in [9.17, 15) is 14.0 Å². The second-order valence-electron chi connectivity index (χ2n) is 5.70. The van der Waals surface area contributed by atoms with Gasteiger partial charge in [0.2, 0.25) is 11.8 Å². The molecule has 0 heterocycles. The summed E-state index contributed by atoms with van der Waals surface area (Å²) in [5.41, 5.74) is 1.02. The van der Waals surface area contributed by atoms with Gasteiger partial charge < -0.3 is 10.6 Å². The van der Waals surface area contributed by atoms with Crippen LogP contribution in [0.15, 0.2) is 18.2 Å². The van der Waals surface area contributed by atoms with Crippen molar-refractivity contribution in [1.29, 1.82) is 0 Å². The van der Waals surface area contributed by atoms with Gasteiger partial charge in [0, 0.05) is 6.92 Å². The highest BCUT2D eigenvalue weighted by Gasteiger charge is 2.31. The van der Waals surface area contributed by atoms with Crippen LogP contribution in [-0.4, -0.2) is 17.9 Å². The van der Waals surface area contributed by atoms with Gasteiger partial charge in [-0.2, -0.15) is 0 Å². The van der Waals surface area contributed by atoms with Gasteiger partial charge in [0.05, 0.1) is 5.69 Å². The quantitative estimate of drug-likeness (QED) is 0.896.